The summed E-state index contributed by atoms with van der Waals surface area (Å²) in [6.45, 7) is 4.00. The van der Waals surface area contributed by atoms with Crippen molar-refractivity contribution in [2.45, 2.75) is 19.8 Å². The topological polar surface area (TPSA) is 30.0 Å². The molecule has 5 heteroatoms. The number of benzene rings is 2. The van der Waals surface area contributed by atoms with Gasteiger partial charge in [0.1, 0.15) is 0 Å². The van der Waals surface area contributed by atoms with Gasteiger partial charge in [0.25, 0.3) is 5.78 Å². The van der Waals surface area contributed by atoms with E-state index in [1.165, 1.54) is 24.3 Å². The highest BCUT2D eigenvalue weighted by molar-refractivity contribution is 7.20. The Kier molecular flexibility index (Phi) is 4.98. The van der Waals surface area contributed by atoms with Crippen LogP contribution in [0, 0.1) is 0 Å². The number of rotatable bonds is 3. The zero-order valence-corrected chi connectivity index (χ0v) is 13.0. The van der Waals surface area contributed by atoms with Crippen molar-refractivity contribution in [2.75, 3.05) is 0 Å². The molecule has 0 bridgehead atoms. The van der Waals surface area contributed by atoms with Crippen molar-refractivity contribution in [2.24, 2.45) is 0 Å². The van der Waals surface area contributed by atoms with Crippen LogP contribution in [0.15, 0.2) is 54.6 Å². The fraction of sp³-hybridized carbons (Fsp3) is 0.176. The van der Waals surface area contributed by atoms with Gasteiger partial charge in [0, 0.05) is 5.56 Å². The first-order chi connectivity index (χ1) is 10.6. The first-order valence-corrected chi connectivity index (χ1v) is 7.74. The third kappa shape index (κ3) is 3.04. The van der Waals surface area contributed by atoms with Crippen LogP contribution in [0.2, 0.25) is 0 Å². The summed E-state index contributed by atoms with van der Waals surface area (Å²) in [6, 6.07) is 14.1. The second-order valence-electron chi connectivity index (χ2n) is 4.26. The third-order valence-electron chi connectivity index (χ3n) is 2.91. The predicted octanol–water partition coefficient (Wildman–Crippen LogP) is 5.30. The summed E-state index contributed by atoms with van der Waals surface area (Å²) in [4.78, 5) is 16.0. The van der Waals surface area contributed by atoms with E-state index >= 15 is 0 Å². The zero-order valence-electron chi connectivity index (χ0n) is 12.2. The third-order valence-corrected chi connectivity index (χ3v) is 3.94. The largest absolute Gasteiger partial charge is 0.337 e. The molecule has 22 heavy (non-hydrogen) atoms. The van der Waals surface area contributed by atoms with E-state index in [0.717, 1.165) is 16.0 Å². The number of carbonyl (C=O) groups is 1. The fourth-order valence-electron chi connectivity index (χ4n) is 1.88. The quantitative estimate of drug-likeness (QED) is 0.613. The lowest BCUT2D eigenvalue weighted by atomic mass is 10.1. The summed E-state index contributed by atoms with van der Waals surface area (Å²) in [5.41, 5.74) is 0.244. The molecule has 0 N–H and O–H groups in total. The van der Waals surface area contributed by atoms with Crippen molar-refractivity contribution < 1.29 is 13.6 Å². The van der Waals surface area contributed by atoms with Crippen molar-refractivity contribution in [1.29, 1.82) is 0 Å². The molecule has 0 aliphatic carbocycles. The monoisotopic (exact) mass is 319 g/mol. The summed E-state index contributed by atoms with van der Waals surface area (Å²) in [5.74, 6) is -4.82. The normalized spacial score (nSPS) is 10.9. The minimum atomic E-state index is -3.56. The Morgan fingerprint density at radius 1 is 1.00 bits per heavy atom. The lowest BCUT2D eigenvalue weighted by Crippen LogP contribution is -2.25. The molecule has 1 aromatic heterocycles. The Morgan fingerprint density at radius 3 is 2.23 bits per heavy atom. The van der Waals surface area contributed by atoms with Crippen LogP contribution in [0.4, 0.5) is 8.78 Å². The van der Waals surface area contributed by atoms with Crippen molar-refractivity contribution in [1.82, 2.24) is 4.98 Å². The van der Waals surface area contributed by atoms with Gasteiger partial charge in [-0.05, 0) is 12.1 Å². The molecular formula is C17H15F2NOS. The number of para-hydroxylation sites is 1. The molecule has 0 radical (unpaired) electrons. The Labute approximate surface area is 131 Å². The smallest absolute Gasteiger partial charge is 0.284 e. The Morgan fingerprint density at radius 2 is 1.59 bits per heavy atom. The van der Waals surface area contributed by atoms with E-state index in [-0.39, 0.29) is 10.6 Å². The summed E-state index contributed by atoms with van der Waals surface area (Å²) >= 11 is 0.986. The highest BCUT2D eigenvalue weighted by Gasteiger charge is 2.42. The fourth-order valence-corrected chi connectivity index (χ4v) is 2.82. The molecule has 2 nitrogen and oxygen atoms in total. The maximum atomic E-state index is 14.2. The van der Waals surface area contributed by atoms with Crippen LogP contribution in [0.5, 0.6) is 0 Å². The van der Waals surface area contributed by atoms with Gasteiger partial charge >= 0.3 is 5.92 Å². The van der Waals surface area contributed by atoms with Crippen molar-refractivity contribution >= 4 is 27.3 Å². The van der Waals surface area contributed by atoms with Gasteiger partial charge in [0.05, 0.1) is 10.2 Å². The molecule has 0 aliphatic heterocycles. The highest BCUT2D eigenvalue weighted by Crippen LogP contribution is 2.34. The average molecular weight is 319 g/mol. The number of nitrogens with zero attached hydrogens (tertiary/aromatic N) is 1. The predicted molar refractivity (Wildman–Crippen MR) is 85.6 cm³/mol. The Balaban J connectivity index is 0.000000847. The molecule has 0 spiro atoms. The van der Waals surface area contributed by atoms with E-state index in [0.29, 0.717) is 5.52 Å². The van der Waals surface area contributed by atoms with Gasteiger partial charge in [-0.2, -0.15) is 8.78 Å². The number of alkyl halides is 2. The number of carbonyl (C=O) groups excluding carboxylic acids is 1. The molecule has 2 aromatic carbocycles. The molecule has 3 aromatic rings. The van der Waals surface area contributed by atoms with E-state index in [1.807, 2.05) is 13.8 Å². The van der Waals surface area contributed by atoms with Crippen molar-refractivity contribution in [3.8, 4) is 0 Å². The summed E-state index contributed by atoms with van der Waals surface area (Å²) in [6.07, 6.45) is 0. The summed E-state index contributed by atoms with van der Waals surface area (Å²) < 4.78 is 29.1. The van der Waals surface area contributed by atoms with Crippen LogP contribution in [-0.4, -0.2) is 10.8 Å². The summed E-state index contributed by atoms with van der Waals surface area (Å²) in [7, 11) is 0. The highest BCUT2D eigenvalue weighted by atomic mass is 32.1. The number of ketones is 1. The standard InChI is InChI=1S/C15H9F2NOS.C2H6/c16-15(17,10-6-2-1-3-7-10)13(19)14-18-11-8-4-5-9-12(11)20-14;1-2/h1-9H;1-2H3. The number of hydrogen-bond acceptors (Lipinski definition) is 3. The van der Waals surface area contributed by atoms with Crippen LogP contribution in [-0.2, 0) is 5.92 Å². The molecular weight excluding hydrogens is 304 g/mol. The average Bonchev–Trinajstić information content (AvgIpc) is 3.00. The molecule has 3 rings (SSSR count). The van der Waals surface area contributed by atoms with Gasteiger partial charge in [0.15, 0.2) is 5.01 Å². The first-order valence-electron chi connectivity index (χ1n) is 6.93. The van der Waals surface area contributed by atoms with Crippen LogP contribution in [0.1, 0.15) is 29.2 Å². The van der Waals surface area contributed by atoms with E-state index in [4.69, 9.17) is 0 Å². The number of thiazole rings is 1. The molecule has 0 saturated heterocycles. The van der Waals surface area contributed by atoms with Crippen LogP contribution in [0.25, 0.3) is 10.2 Å². The van der Waals surface area contributed by atoms with Gasteiger partial charge in [-0.15, -0.1) is 11.3 Å². The Hall–Kier alpha value is -2.14. The molecule has 1 heterocycles. The second kappa shape index (κ2) is 6.75. The van der Waals surface area contributed by atoms with Crippen molar-refractivity contribution in [3.05, 3.63) is 65.2 Å². The molecule has 0 unspecified atom stereocenters. The first kappa shape index (κ1) is 16.2. The van der Waals surface area contributed by atoms with Gasteiger partial charge in [-0.3, -0.25) is 4.79 Å². The number of halogens is 2. The van der Waals surface area contributed by atoms with Crippen LogP contribution in [0.3, 0.4) is 0 Å². The van der Waals surface area contributed by atoms with Gasteiger partial charge in [-0.1, -0.05) is 56.3 Å². The number of fused-ring (bicyclic) bond motifs is 1. The van der Waals surface area contributed by atoms with E-state index < -0.39 is 11.7 Å². The molecule has 0 saturated carbocycles. The molecule has 0 fully saturated rings. The number of Topliss-reactive ketones (excluding diaryl/α,β-unsaturated/α-hetero) is 1. The SMILES string of the molecule is CC.O=C(c1nc2ccccc2s1)C(F)(F)c1ccccc1. The van der Waals surface area contributed by atoms with E-state index in [1.54, 1.807) is 30.3 Å². The lowest BCUT2D eigenvalue weighted by Gasteiger charge is -2.13. The summed E-state index contributed by atoms with van der Waals surface area (Å²) in [5, 5.41) is -0.167. The molecule has 114 valence electrons. The van der Waals surface area contributed by atoms with Crippen LogP contribution >= 0.6 is 11.3 Å². The van der Waals surface area contributed by atoms with Gasteiger partial charge < -0.3 is 0 Å². The minimum Gasteiger partial charge on any atom is -0.284 e. The molecule has 0 amide bonds. The second-order valence-corrected chi connectivity index (χ2v) is 5.29. The molecule has 0 atom stereocenters. The van der Waals surface area contributed by atoms with E-state index in [9.17, 15) is 13.6 Å². The van der Waals surface area contributed by atoms with Crippen LogP contribution < -0.4 is 0 Å². The van der Waals surface area contributed by atoms with Gasteiger partial charge in [0.2, 0.25) is 0 Å². The number of aromatic nitrogens is 1. The maximum Gasteiger partial charge on any atom is 0.337 e. The zero-order chi connectivity index (χ0) is 16.2. The maximum absolute atomic E-state index is 14.2. The van der Waals surface area contributed by atoms with Crippen molar-refractivity contribution in [3.63, 3.8) is 0 Å². The lowest BCUT2D eigenvalue weighted by molar-refractivity contribution is 0.00743. The van der Waals surface area contributed by atoms with Gasteiger partial charge in [-0.25, -0.2) is 4.98 Å². The van der Waals surface area contributed by atoms with E-state index in [2.05, 4.69) is 4.98 Å². The minimum absolute atomic E-state index is 0.167. The number of hydrogen-bond donors (Lipinski definition) is 0. The molecule has 0 aliphatic rings. The Bertz CT molecular complexity index is 735.